The molecular weight excluding hydrogens is 414 g/mol. The Balaban J connectivity index is 1.33. The van der Waals surface area contributed by atoms with E-state index in [1.54, 1.807) is 7.11 Å². The van der Waals surface area contributed by atoms with Crippen molar-refractivity contribution in [3.8, 4) is 17.1 Å². The van der Waals surface area contributed by atoms with Crippen LogP contribution in [0.15, 0.2) is 47.0 Å². The van der Waals surface area contributed by atoms with E-state index in [1.165, 1.54) is 0 Å². The van der Waals surface area contributed by atoms with E-state index < -0.39 is 0 Å². The van der Waals surface area contributed by atoms with Crippen LogP contribution in [-0.2, 0) is 11.3 Å². The summed E-state index contributed by atoms with van der Waals surface area (Å²) < 4.78 is 10.5. The summed E-state index contributed by atoms with van der Waals surface area (Å²) >= 11 is 5.37. The second-order valence-corrected chi connectivity index (χ2v) is 7.61. The lowest BCUT2D eigenvalue weighted by Crippen LogP contribution is -2.28. The van der Waals surface area contributed by atoms with Gasteiger partial charge in [-0.25, -0.2) is 0 Å². The zero-order valence-corrected chi connectivity index (χ0v) is 18.2. The number of hydrogen-bond donors (Lipinski definition) is 2. The Bertz CT molecular complexity index is 1100. The van der Waals surface area contributed by atoms with Gasteiger partial charge in [-0.1, -0.05) is 5.16 Å². The average molecular weight is 438 g/mol. The van der Waals surface area contributed by atoms with Gasteiger partial charge >= 0.3 is 0 Å². The third-order valence-electron chi connectivity index (χ3n) is 5.04. The molecule has 2 N–H and O–H groups in total. The fourth-order valence-corrected chi connectivity index (χ4v) is 3.64. The molecule has 1 saturated heterocycles. The number of anilines is 2. The van der Waals surface area contributed by atoms with Crippen molar-refractivity contribution in [3.05, 3.63) is 53.9 Å². The largest absolute Gasteiger partial charge is 0.497 e. The normalized spacial score (nSPS) is 13.4. The number of carbonyl (C=O) groups is 1. The average Bonchev–Trinajstić information content (AvgIpc) is 3.42. The fourth-order valence-electron chi connectivity index (χ4n) is 3.45. The number of thiocarbonyl (C=S) groups is 1. The molecule has 8 nitrogen and oxygen atoms in total. The number of methoxy groups -OCH3 is 1. The highest BCUT2D eigenvalue weighted by Gasteiger charge is 2.23. The Hall–Kier alpha value is -3.46. The Morgan fingerprint density at radius 3 is 2.74 bits per heavy atom. The monoisotopic (exact) mass is 437 g/mol. The van der Waals surface area contributed by atoms with Crippen LogP contribution in [0, 0.1) is 6.92 Å². The third-order valence-corrected chi connectivity index (χ3v) is 5.28. The number of hydrogen-bond acceptors (Lipinski definition) is 6. The van der Waals surface area contributed by atoms with E-state index in [0.717, 1.165) is 41.2 Å². The highest BCUT2D eigenvalue weighted by molar-refractivity contribution is 7.80. The summed E-state index contributed by atoms with van der Waals surface area (Å²) in [5, 5.41) is 10.7. The lowest BCUT2D eigenvalue weighted by molar-refractivity contribution is -0.117. The molecule has 1 aliphatic rings. The summed E-state index contributed by atoms with van der Waals surface area (Å²) in [6.07, 6.45) is 1.52. The highest BCUT2D eigenvalue weighted by atomic mass is 32.1. The first-order valence-electron chi connectivity index (χ1n) is 9.96. The number of nitrogens with one attached hydrogen (secondary N) is 2. The zero-order chi connectivity index (χ0) is 21.8. The van der Waals surface area contributed by atoms with Crippen LogP contribution in [0.4, 0.5) is 11.4 Å². The smallest absolute Gasteiger partial charge is 0.246 e. The number of rotatable bonds is 6. The first-order chi connectivity index (χ1) is 15.0. The summed E-state index contributed by atoms with van der Waals surface area (Å²) in [5.41, 5.74) is 3.64. The molecule has 1 amide bonds. The molecule has 0 atom stereocenters. The number of nitrogens with zero attached hydrogens (tertiary/aromatic N) is 3. The van der Waals surface area contributed by atoms with Crippen LogP contribution in [0.5, 0.6) is 5.75 Å². The van der Waals surface area contributed by atoms with Gasteiger partial charge in [-0.3, -0.25) is 4.79 Å². The summed E-state index contributed by atoms with van der Waals surface area (Å²) in [5.74, 6) is 1.87. The molecule has 0 bridgehead atoms. The Morgan fingerprint density at radius 2 is 2.06 bits per heavy atom. The predicted molar refractivity (Wildman–Crippen MR) is 122 cm³/mol. The molecule has 0 spiro atoms. The summed E-state index contributed by atoms with van der Waals surface area (Å²) in [7, 11) is 1.62. The molecular formula is C22H23N5O3S. The third kappa shape index (κ3) is 4.83. The lowest BCUT2D eigenvalue weighted by Gasteiger charge is -2.19. The maximum atomic E-state index is 12.0. The van der Waals surface area contributed by atoms with Crippen LogP contribution < -0.4 is 20.3 Å². The van der Waals surface area contributed by atoms with E-state index in [1.807, 2.05) is 54.3 Å². The van der Waals surface area contributed by atoms with Gasteiger partial charge in [0.05, 0.1) is 13.7 Å². The van der Waals surface area contributed by atoms with Crippen LogP contribution in [-0.4, -0.2) is 34.8 Å². The van der Waals surface area contributed by atoms with E-state index in [2.05, 4.69) is 20.8 Å². The SMILES string of the molecule is COc1ccc(-c2noc(CNC(=S)Nc3ccc(N4CCCC4=O)c(C)c3)n2)cc1. The predicted octanol–water partition coefficient (Wildman–Crippen LogP) is 3.67. The van der Waals surface area contributed by atoms with Gasteiger partial charge in [-0.2, -0.15) is 4.98 Å². The van der Waals surface area contributed by atoms with E-state index in [0.29, 0.717) is 29.8 Å². The molecule has 0 radical (unpaired) electrons. The van der Waals surface area contributed by atoms with Gasteiger partial charge in [0, 0.05) is 29.9 Å². The number of aromatic nitrogens is 2. The van der Waals surface area contributed by atoms with Crippen molar-refractivity contribution >= 4 is 34.6 Å². The minimum atomic E-state index is 0.176. The zero-order valence-electron chi connectivity index (χ0n) is 17.3. The van der Waals surface area contributed by atoms with Crippen molar-refractivity contribution < 1.29 is 14.1 Å². The first-order valence-corrected chi connectivity index (χ1v) is 10.4. The Kier molecular flexibility index (Phi) is 6.13. The maximum Gasteiger partial charge on any atom is 0.246 e. The van der Waals surface area contributed by atoms with Gasteiger partial charge in [-0.15, -0.1) is 0 Å². The van der Waals surface area contributed by atoms with Crippen LogP contribution >= 0.6 is 12.2 Å². The van der Waals surface area contributed by atoms with Gasteiger partial charge in [0.15, 0.2) is 5.11 Å². The van der Waals surface area contributed by atoms with E-state index in [9.17, 15) is 4.79 Å². The van der Waals surface area contributed by atoms with Gasteiger partial charge in [0.1, 0.15) is 5.75 Å². The molecule has 2 heterocycles. The molecule has 1 aliphatic heterocycles. The molecule has 4 rings (SSSR count). The number of amides is 1. The van der Waals surface area contributed by atoms with E-state index >= 15 is 0 Å². The number of carbonyl (C=O) groups excluding carboxylic acids is 1. The van der Waals surface area contributed by atoms with Gasteiger partial charge in [0.25, 0.3) is 0 Å². The second kappa shape index (κ2) is 9.13. The highest BCUT2D eigenvalue weighted by Crippen LogP contribution is 2.27. The van der Waals surface area contributed by atoms with Crippen molar-refractivity contribution in [1.82, 2.24) is 15.5 Å². The van der Waals surface area contributed by atoms with Crippen LogP contribution in [0.1, 0.15) is 24.3 Å². The Morgan fingerprint density at radius 1 is 1.26 bits per heavy atom. The molecule has 0 aliphatic carbocycles. The van der Waals surface area contributed by atoms with Crippen LogP contribution in [0.3, 0.4) is 0 Å². The first kappa shape index (κ1) is 20.8. The quantitative estimate of drug-likeness (QED) is 0.565. The minimum Gasteiger partial charge on any atom is -0.497 e. The number of benzene rings is 2. The van der Waals surface area contributed by atoms with Crippen molar-refractivity contribution in [3.63, 3.8) is 0 Å². The van der Waals surface area contributed by atoms with Crippen LogP contribution in [0.2, 0.25) is 0 Å². The van der Waals surface area contributed by atoms with Crippen molar-refractivity contribution in [2.45, 2.75) is 26.3 Å². The number of ether oxygens (including phenoxy) is 1. The second-order valence-electron chi connectivity index (χ2n) is 7.20. The van der Waals surface area contributed by atoms with Crippen molar-refractivity contribution in [1.29, 1.82) is 0 Å². The van der Waals surface area contributed by atoms with E-state index in [4.69, 9.17) is 21.5 Å². The molecule has 2 aromatic carbocycles. The van der Waals surface area contributed by atoms with Gasteiger partial charge in [0.2, 0.25) is 17.6 Å². The van der Waals surface area contributed by atoms with Gasteiger partial charge < -0.3 is 24.8 Å². The molecule has 9 heteroatoms. The summed E-state index contributed by atoms with van der Waals surface area (Å²) in [4.78, 5) is 18.2. The fraction of sp³-hybridized carbons (Fsp3) is 0.273. The van der Waals surface area contributed by atoms with Crippen LogP contribution in [0.25, 0.3) is 11.4 Å². The molecule has 1 fully saturated rings. The van der Waals surface area contributed by atoms with E-state index in [-0.39, 0.29) is 5.91 Å². The molecule has 0 unspecified atom stereocenters. The maximum absolute atomic E-state index is 12.0. The van der Waals surface area contributed by atoms with Gasteiger partial charge in [-0.05, 0) is 73.6 Å². The lowest BCUT2D eigenvalue weighted by atomic mass is 10.1. The summed E-state index contributed by atoms with van der Waals surface area (Å²) in [6.45, 7) is 3.06. The number of aryl methyl sites for hydroxylation is 1. The minimum absolute atomic E-state index is 0.176. The molecule has 31 heavy (non-hydrogen) atoms. The molecule has 3 aromatic rings. The Labute approximate surface area is 185 Å². The van der Waals surface area contributed by atoms with Crippen molar-refractivity contribution in [2.24, 2.45) is 0 Å². The molecule has 0 saturated carbocycles. The topological polar surface area (TPSA) is 92.5 Å². The standard InChI is InChI=1S/C22H23N5O3S/c1-14-12-16(7-10-18(14)27-11-3-4-20(27)28)24-22(31)23-13-19-25-21(26-30-19)15-5-8-17(29-2)9-6-15/h5-10,12H,3-4,11,13H2,1-2H3,(H2,23,24,31). The van der Waals surface area contributed by atoms with Crippen molar-refractivity contribution in [2.75, 3.05) is 23.9 Å². The molecule has 1 aromatic heterocycles. The summed E-state index contributed by atoms with van der Waals surface area (Å²) in [6, 6.07) is 13.3. The molecule has 160 valence electrons.